The van der Waals surface area contributed by atoms with Crippen LogP contribution < -0.4 is 15.5 Å². The third kappa shape index (κ3) is 3.43. The van der Waals surface area contributed by atoms with Gasteiger partial charge in [0.25, 0.3) is 0 Å². The molecule has 2 N–H and O–H groups in total. The van der Waals surface area contributed by atoms with Crippen molar-refractivity contribution in [1.82, 2.24) is 20.3 Å². The van der Waals surface area contributed by atoms with Crippen LogP contribution in [-0.4, -0.2) is 40.6 Å². The fourth-order valence-corrected chi connectivity index (χ4v) is 3.33. The van der Waals surface area contributed by atoms with Gasteiger partial charge in [-0.15, -0.1) is 0 Å². The lowest BCUT2D eigenvalue weighted by Gasteiger charge is -2.34. The standard InChI is InChI=1S/C19H21FN6/c1-13-12-26(7-6-22-13)19-15(20)10-21-11-18(19)25-9-14-2-3-16-17(8-14)24-5-4-23-16/h2-5,8,10-11,13,22,25H,6-7,9,12H2,1H3/t13-/m0/s1. The summed E-state index contributed by atoms with van der Waals surface area (Å²) in [5, 5.41) is 6.72. The van der Waals surface area contributed by atoms with Crippen molar-refractivity contribution < 1.29 is 4.39 Å². The number of fused-ring (bicyclic) bond motifs is 1. The number of hydrogen-bond acceptors (Lipinski definition) is 6. The molecule has 3 heterocycles. The molecule has 3 aromatic rings. The predicted molar refractivity (Wildman–Crippen MR) is 101 cm³/mol. The molecule has 1 atom stereocenters. The number of piperazine rings is 1. The zero-order valence-electron chi connectivity index (χ0n) is 14.6. The van der Waals surface area contributed by atoms with E-state index in [0.717, 1.165) is 36.2 Å². The van der Waals surface area contributed by atoms with Crippen molar-refractivity contribution in [3.05, 3.63) is 54.4 Å². The van der Waals surface area contributed by atoms with Crippen LogP contribution in [0.1, 0.15) is 12.5 Å². The predicted octanol–water partition coefficient (Wildman–Crippen LogP) is 2.57. The largest absolute Gasteiger partial charge is 0.378 e. The molecule has 0 unspecified atom stereocenters. The second kappa shape index (κ2) is 7.21. The Bertz CT molecular complexity index is 915. The van der Waals surface area contributed by atoms with E-state index in [1.165, 1.54) is 6.20 Å². The third-order valence-corrected chi connectivity index (χ3v) is 4.57. The zero-order valence-corrected chi connectivity index (χ0v) is 14.6. The van der Waals surface area contributed by atoms with E-state index in [4.69, 9.17) is 0 Å². The van der Waals surface area contributed by atoms with E-state index in [9.17, 15) is 4.39 Å². The Morgan fingerprint density at radius 2 is 2.08 bits per heavy atom. The highest BCUT2D eigenvalue weighted by atomic mass is 19.1. The monoisotopic (exact) mass is 352 g/mol. The molecule has 6 nitrogen and oxygen atoms in total. The Morgan fingerprint density at radius 1 is 1.23 bits per heavy atom. The molecular weight excluding hydrogens is 331 g/mol. The minimum Gasteiger partial charge on any atom is -0.378 e. The molecule has 0 amide bonds. The summed E-state index contributed by atoms with van der Waals surface area (Å²) in [7, 11) is 0. The van der Waals surface area contributed by atoms with Crippen LogP contribution in [0.4, 0.5) is 15.8 Å². The van der Waals surface area contributed by atoms with E-state index in [-0.39, 0.29) is 5.82 Å². The summed E-state index contributed by atoms with van der Waals surface area (Å²) in [6.45, 7) is 5.04. The number of nitrogens with zero attached hydrogens (tertiary/aromatic N) is 4. The average Bonchev–Trinajstić information content (AvgIpc) is 2.66. The highest BCUT2D eigenvalue weighted by Crippen LogP contribution is 2.29. The molecule has 0 spiro atoms. The Labute approximate surface area is 151 Å². The first-order valence-corrected chi connectivity index (χ1v) is 8.76. The smallest absolute Gasteiger partial charge is 0.166 e. The Hall–Kier alpha value is -2.80. The quantitative estimate of drug-likeness (QED) is 0.752. The van der Waals surface area contributed by atoms with Crippen LogP contribution in [0.15, 0.2) is 43.0 Å². The number of rotatable bonds is 4. The van der Waals surface area contributed by atoms with E-state index in [2.05, 4.69) is 37.4 Å². The number of pyridine rings is 1. The number of nitrogens with one attached hydrogen (secondary N) is 2. The molecule has 1 aliphatic rings. The van der Waals surface area contributed by atoms with Crippen LogP contribution in [0.25, 0.3) is 11.0 Å². The molecule has 7 heteroatoms. The van der Waals surface area contributed by atoms with Crippen LogP contribution in [0.3, 0.4) is 0 Å². The number of hydrogen-bond donors (Lipinski definition) is 2. The maximum atomic E-state index is 14.5. The molecule has 1 saturated heterocycles. The second-order valence-electron chi connectivity index (χ2n) is 6.55. The van der Waals surface area contributed by atoms with Gasteiger partial charge in [-0.05, 0) is 24.6 Å². The molecule has 134 valence electrons. The van der Waals surface area contributed by atoms with Gasteiger partial charge in [-0.3, -0.25) is 15.0 Å². The Kier molecular flexibility index (Phi) is 4.62. The van der Waals surface area contributed by atoms with Crippen LogP contribution in [-0.2, 0) is 6.54 Å². The van der Waals surface area contributed by atoms with E-state index < -0.39 is 0 Å². The fraction of sp³-hybridized carbons (Fsp3) is 0.316. The Balaban J connectivity index is 1.56. The van der Waals surface area contributed by atoms with E-state index in [1.807, 2.05) is 18.2 Å². The van der Waals surface area contributed by atoms with Gasteiger partial charge in [0.2, 0.25) is 0 Å². The minimum absolute atomic E-state index is 0.298. The molecule has 2 aromatic heterocycles. The normalized spacial score (nSPS) is 17.5. The van der Waals surface area contributed by atoms with Gasteiger partial charge in [-0.1, -0.05) is 6.07 Å². The summed E-state index contributed by atoms with van der Waals surface area (Å²) in [4.78, 5) is 14.7. The van der Waals surface area contributed by atoms with Crippen LogP contribution in [0.2, 0.25) is 0 Å². The average molecular weight is 352 g/mol. The van der Waals surface area contributed by atoms with Crippen LogP contribution in [0.5, 0.6) is 0 Å². The van der Waals surface area contributed by atoms with E-state index >= 15 is 0 Å². The van der Waals surface area contributed by atoms with Gasteiger partial charge in [0.1, 0.15) is 0 Å². The molecule has 0 saturated carbocycles. The lowest BCUT2D eigenvalue weighted by molar-refractivity contribution is 0.478. The molecule has 1 aliphatic heterocycles. The summed E-state index contributed by atoms with van der Waals surface area (Å²) >= 11 is 0. The molecular formula is C19H21FN6. The number of benzene rings is 1. The first-order chi connectivity index (χ1) is 12.7. The lowest BCUT2D eigenvalue weighted by atomic mass is 10.1. The highest BCUT2D eigenvalue weighted by Gasteiger charge is 2.21. The van der Waals surface area contributed by atoms with Crippen molar-refractivity contribution in [3.8, 4) is 0 Å². The van der Waals surface area contributed by atoms with E-state index in [1.54, 1.807) is 18.6 Å². The molecule has 1 fully saturated rings. The molecule has 1 aromatic carbocycles. The maximum Gasteiger partial charge on any atom is 0.166 e. The number of anilines is 2. The summed E-state index contributed by atoms with van der Waals surface area (Å²) in [6, 6.07) is 6.27. The molecule has 0 bridgehead atoms. The van der Waals surface area contributed by atoms with Gasteiger partial charge in [0.05, 0.1) is 34.8 Å². The van der Waals surface area contributed by atoms with Crippen LogP contribution in [0, 0.1) is 5.82 Å². The molecule has 0 radical (unpaired) electrons. The van der Waals surface area contributed by atoms with Crippen molar-refractivity contribution in [2.45, 2.75) is 19.5 Å². The van der Waals surface area contributed by atoms with Crippen molar-refractivity contribution in [1.29, 1.82) is 0 Å². The zero-order chi connectivity index (χ0) is 17.9. The fourth-order valence-electron chi connectivity index (χ4n) is 3.33. The molecule has 26 heavy (non-hydrogen) atoms. The first-order valence-electron chi connectivity index (χ1n) is 8.76. The number of aromatic nitrogens is 3. The molecule has 0 aliphatic carbocycles. The molecule has 4 rings (SSSR count). The number of halogens is 1. The topological polar surface area (TPSA) is 66.0 Å². The van der Waals surface area contributed by atoms with Crippen molar-refractivity contribution >= 4 is 22.4 Å². The van der Waals surface area contributed by atoms with Crippen molar-refractivity contribution in [2.24, 2.45) is 0 Å². The lowest BCUT2D eigenvalue weighted by Crippen LogP contribution is -2.49. The maximum absolute atomic E-state index is 14.5. The highest BCUT2D eigenvalue weighted by molar-refractivity contribution is 5.75. The van der Waals surface area contributed by atoms with Crippen molar-refractivity contribution in [2.75, 3.05) is 29.9 Å². The van der Waals surface area contributed by atoms with Gasteiger partial charge in [0, 0.05) is 44.6 Å². The second-order valence-corrected chi connectivity index (χ2v) is 6.55. The third-order valence-electron chi connectivity index (χ3n) is 4.57. The summed E-state index contributed by atoms with van der Waals surface area (Å²) < 4.78 is 14.5. The minimum atomic E-state index is -0.298. The summed E-state index contributed by atoms with van der Waals surface area (Å²) in [6.07, 6.45) is 6.32. The van der Waals surface area contributed by atoms with Gasteiger partial charge in [0.15, 0.2) is 5.82 Å². The van der Waals surface area contributed by atoms with E-state index in [0.29, 0.717) is 24.0 Å². The Morgan fingerprint density at radius 3 is 2.92 bits per heavy atom. The van der Waals surface area contributed by atoms with Gasteiger partial charge >= 0.3 is 0 Å². The van der Waals surface area contributed by atoms with Gasteiger partial charge < -0.3 is 15.5 Å². The van der Waals surface area contributed by atoms with Crippen molar-refractivity contribution in [3.63, 3.8) is 0 Å². The van der Waals surface area contributed by atoms with Gasteiger partial charge in [-0.2, -0.15) is 0 Å². The van der Waals surface area contributed by atoms with Crippen LogP contribution >= 0.6 is 0 Å². The van der Waals surface area contributed by atoms with Gasteiger partial charge in [-0.25, -0.2) is 4.39 Å². The SMILES string of the molecule is C[C@H]1CN(c2c(F)cncc2NCc2ccc3nccnc3c2)CCN1. The summed E-state index contributed by atoms with van der Waals surface area (Å²) in [5.74, 6) is -0.298. The first kappa shape index (κ1) is 16.7. The summed E-state index contributed by atoms with van der Waals surface area (Å²) in [5.41, 5.74) is 4.06.